The summed E-state index contributed by atoms with van der Waals surface area (Å²) in [6.45, 7) is 3.63. The van der Waals surface area contributed by atoms with E-state index >= 15 is 0 Å². The third-order valence-electron chi connectivity index (χ3n) is 3.09. The first-order valence-corrected chi connectivity index (χ1v) is 5.97. The molecule has 0 aliphatic rings. The zero-order valence-electron chi connectivity index (χ0n) is 11.1. The van der Waals surface area contributed by atoms with Crippen molar-refractivity contribution in [3.8, 4) is 6.07 Å². The average Bonchev–Trinajstić information content (AvgIpc) is 2.80. The summed E-state index contributed by atoms with van der Waals surface area (Å²) in [5.74, 6) is 0.468. The number of nitriles is 1. The van der Waals surface area contributed by atoms with Crippen molar-refractivity contribution < 1.29 is 4.39 Å². The number of hydrogen-bond donors (Lipinski definition) is 1. The molecule has 0 saturated heterocycles. The second kappa shape index (κ2) is 5.11. The van der Waals surface area contributed by atoms with E-state index in [0.717, 1.165) is 5.82 Å². The molecule has 0 aliphatic heterocycles. The van der Waals surface area contributed by atoms with Gasteiger partial charge in [-0.05, 0) is 26.0 Å². The van der Waals surface area contributed by atoms with E-state index in [1.54, 1.807) is 19.2 Å². The van der Waals surface area contributed by atoms with Crippen molar-refractivity contribution in [3.05, 3.63) is 47.3 Å². The molecule has 1 N–H and O–H groups in total. The van der Waals surface area contributed by atoms with Crippen LogP contribution in [0.15, 0.2) is 24.5 Å². The number of aromatic nitrogens is 2. The fourth-order valence-electron chi connectivity index (χ4n) is 1.99. The van der Waals surface area contributed by atoms with Crippen molar-refractivity contribution in [2.24, 2.45) is 7.05 Å². The molecule has 0 saturated carbocycles. The third-order valence-corrected chi connectivity index (χ3v) is 3.09. The van der Waals surface area contributed by atoms with Crippen LogP contribution in [-0.2, 0) is 7.05 Å². The van der Waals surface area contributed by atoms with Crippen LogP contribution in [0, 0.1) is 24.1 Å². The first-order chi connectivity index (χ1) is 9.02. The first-order valence-electron chi connectivity index (χ1n) is 5.97. The number of rotatable bonds is 3. The van der Waals surface area contributed by atoms with E-state index in [2.05, 4.69) is 10.3 Å². The summed E-state index contributed by atoms with van der Waals surface area (Å²) in [7, 11) is 1.90. The van der Waals surface area contributed by atoms with E-state index in [0.29, 0.717) is 16.8 Å². The number of benzene rings is 1. The molecule has 5 heteroatoms. The Kier molecular flexibility index (Phi) is 3.52. The van der Waals surface area contributed by atoms with Crippen LogP contribution in [0.25, 0.3) is 0 Å². The maximum atomic E-state index is 13.7. The second-order valence-corrected chi connectivity index (χ2v) is 4.50. The highest BCUT2D eigenvalue weighted by Gasteiger charge is 2.13. The summed E-state index contributed by atoms with van der Waals surface area (Å²) >= 11 is 0. The highest BCUT2D eigenvalue weighted by atomic mass is 19.1. The quantitative estimate of drug-likeness (QED) is 0.921. The molecule has 1 atom stereocenters. The minimum absolute atomic E-state index is 0.0768. The molecule has 98 valence electrons. The molecule has 0 amide bonds. The molecule has 1 heterocycles. The van der Waals surface area contributed by atoms with Crippen LogP contribution < -0.4 is 5.32 Å². The molecule has 0 radical (unpaired) electrons. The Labute approximate surface area is 111 Å². The summed E-state index contributed by atoms with van der Waals surface area (Å²) in [6, 6.07) is 4.77. The summed E-state index contributed by atoms with van der Waals surface area (Å²) in [5.41, 5.74) is 1.42. The topological polar surface area (TPSA) is 53.6 Å². The molecule has 1 unspecified atom stereocenters. The fraction of sp³-hybridized carbons (Fsp3) is 0.286. The van der Waals surface area contributed by atoms with Gasteiger partial charge in [-0.1, -0.05) is 0 Å². The highest BCUT2D eigenvalue weighted by Crippen LogP contribution is 2.24. The van der Waals surface area contributed by atoms with E-state index in [1.807, 2.05) is 30.8 Å². The van der Waals surface area contributed by atoms with Gasteiger partial charge in [0.1, 0.15) is 11.6 Å². The smallest absolute Gasteiger partial charge is 0.130 e. The number of halogens is 1. The fourth-order valence-corrected chi connectivity index (χ4v) is 1.99. The third kappa shape index (κ3) is 2.58. The van der Waals surface area contributed by atoms with Gasteiger partial charge in [-0.25, -0.2) is 9.37 Å². The van der Waals surface area contributed by atoms with Crippen molar-refractivity contribution in [3.63, 3.8) is 0 Å². The Hall–Kier alpha value is -2.35. The van der Waals surface area contributed by atoms with Crippen molar-refractivity contribution in [1.82, 2.24) is 9.55 Å². The molecule has 0 bridgehead atoms. The maximum absolute atomic E-state index is 13.7. The number of nitrogens with one attached hydrogen (secondary N) is 1. The molecule has 1 aromatic carbocycles. The summed E-state index contributed by atoms with van der Waals surface area (Å²) in [4.78, 5) is 4.25. The maximum Gasteiger partial charge on any atom is 0.130 e. The van der Waals surface area contributed by atoms with Gasteiger partial charge in [-0.3, -0.25) is 0 Å². The van der Waals surface area contributed by atoms with Crippen LogP contribution in [0.3, 0.4) is 0 Å². The Morgan fingerprint density at radius 1 is 1.47 bits per heavy atom. The van der Waals surface area contributed by atoms with Crippen LogP contribution in [0.1, 0.15) is 29.9 Å². The molecule has 2 rings (SSSR count). The number of imidazole rings is 1. The van der Waals surface area contributed by atoms with Crippen LogP contribution in [0.4, 0.5) is 10.1 Å². The molecule has 19 heavy (non-hydrogen) atoms. The van der Waals surface area contributed by atoms with E-state index in [9.17, 15) is 4.39 Å². The first kappa shape index (κ1) is 13.1. The minimum Gasteiger partial charge on any atom is -0.375 e. The number of aryl methyl sites for hydroxylation is 1. The lowest BCUT2D eigenvalue weighted by molar-refractivity contribution is 0.617. The van der Waals surface area contributed by atoms with Gasteiger partial charge in [-0.2, -0.15) is 5.26 Å². The van der Waals surface area contributed by atoms with E-state index in [4.69, 9.17) is 5.26 Å². The van der Waals surface area contributed by atoms with Gasteiger partial charge >= 0.3 is 0 Å². The Morgan fingerprint density at radius 3 is 2.79 bits per heavy atom. The molecular weight excluding hydrogens is 243 g/mol. The molecule has 4 nitrogen and oxygen atoms in total. The van der Waals surface area contributed by atoms with Crippen molar-refractivity contribution in [2.75, 3.05) is 5.32 Å². The predicted octanol–water partition coefficient (Wildman–Crippen LogP) is 2.91. The van der Waals surface area contributed by atoms with Crippen LogP contribution >= 0.6 is 0 Å². The van der Waals surface area contributed by atoms with Gasteiger partial charge in [0.05, 0.1) is 17.7 Å². The normalized spacial score (nSPS) is 11.9. The molecule has 0 fully saturated rings. The zero-order valence-corrected chi connectivity index (χ0v) is 11.1. The highest BCUT2D eigenvalue weighted by molar-refractivity contribution is 5.56. The van der Waals surface area contributed by atoms with Crippen LogP contribution in [0.2, 0.25) is 0 Å². The van der Waals surface area contributed by atoms with Gasteiger partial charge in [0.2, 0.25) is 0 Å². The van der Waals surface area contributed by atoms with Gasteiger partial charge in [-0.15, -0.1) is 0 Å². The minimum atomic E-state index is -0.381. The van der Waals surface area contributed by atoms with Crippen LogP contribution in [-0.4, -0.2) is 9.55 Å². The zero-order chi connectivity index (χ0) is 14.0. The van der Waals surface area contributed by atoms with E-state index < -0.39 is 0 Å². The second-order valence-electron chi connectivity index (χ2n) is 4.50. The molecule has 0 spiro atoms. The predicted molar refractivity (Wildman–Crippen MR) is 71.1 cm³/mol. The van der Waals surface area contributed by atoms with Gasteiger partial charge < -0.3 is 9.88 Å². The number of hydrogen-bond acceptors (Lipinski definition) is 3. The van der Waals surface area contributed by atoms with Gasteiger partial charge in [0.15, 0.2) is 0 Å². The monoisotopic (exact) mass is 258 g/mol. The lowest BCUT2D eigenvalue weighted by Gasteiger charge is -2.17. The van der Waals surface area contributed by atoms with Crippen LogP contribution in [0.5, 0.6) is 0 Å². The Bertz CT molecular complexity index is 639. The summed E-state index contributed by atoms with van der Waals surface area (Å²) in [5, 5.41) is 12.1. The van der Waals surface area contributed by atoms with Crippen molar-refractivity contribution in [2.45, 2.75) is 19.9 Å². The summed E-state index contributed by atoms with van der Waals surface area (Å²) in [6.07, 6.45) is 3.57. The van der Waals surface area contributed by atoms with E-state index in [-0.39, 0.29) is 11.9 Å². The summed E-state index contributed by atoms with van der Waals surface area (Å²) < 4.78 is 15.6. The number of anilines is 1. The van der Waals surface area contributed by atoms with Crippen molar-refractivity contribution in [1.29, 1.82) is 5.26 Å². The molecule has 0 aliphatic carbocycles. The number of nitrogens with zero attached hydrogens (tertiary/aromatic N) is 3. The Morgan fingerprint density at radius 2 is 2.21 bits per heavy atom. The molecular formula is C14H15FN4. The van der Waals surface area contributed by atoms with Crippen molar-refractivity contribution >= 4 is 5.69 Å². The molecule has 2 aromatic rings. The molecule has 1 aromatic heterocycles. The Balaban J connectivity index is 2.31. The van der Waals surface area contributed by atoms with Gasteiger partial charge in [0.25, 0.3) is 0 Å². The lowest BCUT2D eigenvalue weighted by atomic mass is 10.1. The standard InChI is InChI=1S/C14H15FN4/c1-9-12(15)6-11(8-16)7-13(9)18-10(2)14-17-4-5-19(14)3/h4-7,10,18H,1-3H3. The largest absolute Gasteiger partial charge is 0.375 e. The van der Waals surface area contributed by atoms with E-state index in [1.165, 1.54) is 6.07 Å². The average molecular weight is 258 g/mol. The van der Waals surface area contributed by atoms with Gasteiger partial charge in [0, 0.05) is 30.7 Å². The lowest BCUT2D eigenvalue weighted by Crippen LogP contribution is -2.13. The SMILES string of the molecule is Cc1c(F)cc(C#N)cc1NC(C)c1nccn1C.